The molecule has 0 radical (unpaired) electrons. The zero-order chi connectivity index (χ0) is 22.1. The Bertz CT molecular complexity index is 1290. The van der Waals surface area contributed by atoms with Gasteiger partial charge in [0, 0.05) is 36.0 Å². The molecule has 0 bridgehead atoms. The number of fused-ring (bicyclic) bond motifs is 2. The van der Waals surface area contributed by atoms with Crippen LogP contribution in [0.2, 0.25) is 0 Å². The second kappa shape index (κ2) is 8.00. The number of para-hydroxylation sites is 1. The Morgan fingerprint density at radius 2 is 1.75 bits per heavy atom. The highest BCUT2D eigenvalue weighted by Crippen LogP contribution is 2.32. The summed E-state index contributed by atoms with van der Waals surface area (Å²) in [5.74, 6) is -0.798. The standard InChI is InChI=1S/C27H24N2O3/c1-27(15-19-11-5-6-12-20(19)25(30)32-27)26(31)29-16-22(18-9-3-2-4-10-18)23-17-28-24-14-8-7-13-21(23)24/h2-14,17,22,28H,15-16H2,1H3,(H,29,31)/t22-,27+/m1/s1. The first kappa shape index (κ1) is 20.1. The molecule has 0 fully saturated rings. The number of carbonyl (C=O) groups is 2. The van der Waals surface area contributed by atoms with E-state index in [1.165, 1.54) is 0 Å². The SMILES string of the molecule is C[C@@]1(C(=O)NC[C@H](c2ccccc2)c2c[nH]c3ccccc23)Cc2ccccc2C(=O)O1. The van der Waals surface area contributed by atoms with Crippen molar-refractivity contribution < 1.29 is 14.3 Å². The lowest BCUT2D eigenvalue weighted by Gasteiger charge is -2.33. The summed E-state index contributed by atoms with van der Waals surface area (Å²) in [4.78, 5) is 29.1. The van der Waals surface area contributed by atoms with Gasteiger partial charge in [-0.15, -0.1) is 0 Å². The first-order chi connectivity index (χ1) is 15.5. The molecule has 1 aliphatic heterocycles. The number of hydrogen-bond acceptors (Lipinski definition) is 3. The number of ether oxygens (including phenoxy) is 1. The molecule has 2 heterocycles. The van der Waals surface area contributed by atoms with Crippen molar-refractivity contribution in [1.29, 1.82) is 0 Å². The number of rotatable bonds is 5. The van der Waals surface area contributed by atoms with E-state index >= 15 is 0 Å². The van der Waals surface area contributed by atoms with Crippen molar-refractivity contribution in [3.8, 4) is 0 Å². The van der Waals surface area contributed by atoms with Crippen LogP contribution < -0.4 is 5.32 Å². The van der Waals surface area contributed by atoms with Gasteiger partial charge >= 0.3 is 5.97 Å². The highest BCUT2D eigenvalue weighted by atomic mass is 16.6. The summed E-state index contributed by atoms with van der Waals surface area (Å²) in [6, 6.07) is 25.5. The molecule has 5 rings (SSSR count). The molecular weight excluding hydrogens is 400 g/mol. The normalized spacial score (nSPS) is 18.6. The van der Waals surface area contributed by atoms with Crippen LogP contribution in [0, 0.1) is 0 Å². The second-order valence-electron chi connectivity index (χ2n) is 8.42. The molecule has 0 aliphatic carbocycles. The average Bonchev–Trinajstić information content (AvgIpc) is 3.24. The Balaban J connectivity index is 1.42. The summed E-state index contributed by atoms with van der Waals surface area (Å²) in [5.41, 5.74) is 3.39. The number of aromatic nitrogens is 1. The van der Waals surface area contributed by atoms with Crippen molar-refractivity contribution in [2.75, 3.05) is 6.54 Å². The van der Waals surface area contributed by atoms with Crippen molar-refractivity contribution in [2.24, 2.45) is 0 Å². The molecule has 0 saturated carbocycles. The number of carbonyl (C=O) groups excluding carboxylic acids is 2. The first-order valence-corrected chi connectivity index (χ1v) is 10.8. The van der Waals surface area contributed by atoms with Gasteiger partial charge in [-0.25, -0.2) is 4.79 Å². The fourth-order valence-electron chi connectivity index (χ4n) is 4.52. The Kier molecular flexibility index (Phi) is 5.02. The van der Waals surface area contributed by atoms with Gasteiger partial charge in [-0.2, -0.15) is 0 Å². The van der Waals surface area contributed by atoms with Gasteiger partial charge < -0.3 is 15.0 Å². The van der Waals surface area contributed by atoms with Gasteiger partial charge in [0.25, 0.3) is 5.91 Å². The number of benzene rings is 3. The molecule has 1 aliphatic rings. The Labute approximate surface area is 186 Å². The fraction of sp³-hybridized carbons (Fsp3) is 0.185. The summed E-state index contributed by atoms with van der Waals surface area (Å²) in [5, 5.41) is 4.19. The van der Waals surface area contributed by atoms with Gasteiger partial charge in [0.05, 0.1) is 5.56 Å². The van der Waals surface area contributed by atoms with Crippen molar-refractivity contribution in [3.05, 3.63) is 107 Å². The van der Waals surface area contributed by atoms with Crippen molar-refractivity contribution in [2.45, 2.75) is 24.9 Å². The molecule has 3 aromatic carbocycles. The van der Waals surface area contributed by atoms with E-state index in [2.05, 4.69) is 28.5 Å². The van der Waals surface area contributed by atoms with Crippen molar-refractivity contribution >= 4 is 22.8 Å². The number of aromatic amines is 1. The lowest BCUT2D eigenvalue weighted by Crippen LogP contribution is -2.52. The van der Waals surface area contributed by atoms with Gasteiger partial charge in [0.1, 0.15) is 0 Å². The van der Waals surface area contributed by atoms with Gasteiger partial charge in [-0.05, 0) is 35.7 Å². The van der Waals surface area contributed by atoms with Crippen LogP contribution in [0.25, 0.3) is 10.9 Å². The van der Waals surface area contributed by atoms with Crippen molar-refractivity contribution in [1.82, 2.24) is 10.3 Å². The van der Waals surface area contributed by atoms with Gasteiger partial charge in [-0.1, -0.05) is 66.7 Å². The smallest absolute Gasteiger partial charge is 0.339 e. The molecule has 0 unspecified atom stereocenters. The third-order valence-corrected chi connectivity index (χ3v) is 6.23. The van der Waals surface area contributed by atoms with Crippen molar-refractivity contribution in [3.63, 3.8) is 0 Å². The molecule has 32 heavy (non-hydrogen) atoms. The Morgan fingerprint density at radius 3 is 2.59 bits per heavy atom. The van der Waals surface area contributed by atoms with Crippen LogP contribution in [0.4, 0.5) is 0 Å². The van der Waals surface area contributed by atoms with E-state index in [-0.39, 0.29) is 11.8 Å². The van der Waals surface area contributed by atoms with Gasteiger partial charge in [0.2, 0.25) is 0 Å². The quantitative estimate of drug-likeness (QED) is 0.461. The molecule has 1 amide bonds. The largest absolute Gasteiger partial charge is 0.445 e. The molecule has 5 heteroatoms. The minimum atomic E-state index is -1.24. The van der Waals surface area contributed by atoms with E-state index in [1.54, 1.807) is 19.1 Å². The predicted molar refractivity (Wildman–Crippen MR) is 124 cm³/mol. The summed E-state index contributed by atoms with van der Waals surface area (Å²) in [6.45, 7) is 2.07. The molecule has 0 spiro atoms. The lowest BCUT2D eigenvalue weighted by molar-refractivity contribution is -0.139. The fourth-order valence-corrected chi connectivity index (χ4v) is 4.52. The molecule has 2 atom stereocenters. The van der Waals surface area contributed by atoms with Crippen LogP contribution in [0.15, 0.2) is 85.1 Å². The molecule has 160 valence electrons. The van der Waals surface area contributed by atoms with Crippen LogP contribution in [-0.4, -0.2) is 29.0 Å². The summed E-state index contributed by atoms with van der Waals surface area (Å²) < 4.78 is 5.60. The zero-order valence-electron chi connectivity index (χ0n) is 17.8. The number of amides is 1. The minimum absolute atomic E-state index is 0.0496. The van der Waals surface area contributed by atoms with Gasteiger partial charge in [-0.3, -0.25) is 4.79 Å². The van der Waals surface area contributed by atoms with E-state index < -0.39 is 11.6 Å². The van der Waals surface area contributed by atoms with E-state index in [1.807, 2.05) is 54.7 Å². The predicted octanol–water partition coefficient (Wildman–Crippen LogP) is 4.59. The molecule has 4 aromatic rings. The summed E-state index contributed by atoms with van der Waals surface area (Å²) in [6.07, 6.45) is 2.36. The number of esters is 1. The first-order valence-electron chi connectivity index (χ1n) is 10.8. The molecule has 1 aromatic heterocycles. The molecule has 5 nitrogen and oxygen atoms in total. The van der Waals surface area contributed by atoms with Crippen LogP contribution >= 0.6 is 0 Å². The van der Waals surface area contributed by atoms with E-state index in [0.29, 0.717) is 18.5 Å². The second-order valence-corrected chi connectivity index (χ2v) is 8.42. The Hall–Kier alpha value is -3.86. The van der Waals surface area contributed by atoms with E-state index in [0.717, 1.165) is 27.6 Å². The topological polar surface area (TPSA) is 71.2 Å². The number of hydrogen-bond donors (Lipinski definition) is 2. The molecule has 0 saturated heterocycles. The van der Waals surface area contributed by atoms with Crippen LogP contribution in [0.3, 0.4) is 0 Å². The summed E-state index contributed by atoms with van der Waals surface area (Å²) >= 11 is 0. The molecule has 2 N–H and O–H groups in total. The lowest BCUT2D eigenvalue weighted by atomic mass is 9.88. The number of H-pyrrole nitrogens is 1. The van der Waals surface area contributed by atoms with Crippen LogP contribution in [0.1, 0.15) is 39.9 Å². The highest BCUT2D eigenvalue weighted by Gasteiger charge is 2.42. The minimum Gasteiger partial charge on any atom is -0.445 e. The zero-order valence-corrected chi connectivity index (χ0v) is 17.8. The number of cyclic esters (lactones) is 1. The third kappa shape index (κ3) is 3.56. The monoisotopic (exact) mass is 424 g/mol. The maximum atomic E-state index is 13.2. The van der Waals surface area contributed by atoms with Gasteiger partial charge in [0.15, 0.2) is 5.60 Å². The van der Waals surface area contributed by atoms with E-state index in [4.69, 9.17) is 4.74 Å². The van der Waals surface area contributed by atoms with Crippen LogP contribution in [-0.2, 0) is 16.0 Å². The highest BCUT2D eigenvalue weighted by molar-refractivity contribution is 5.97. The Morgan fingerprint density at radius 1 is 1.03 bits per heavy atom. The third-order valence-electron chi connectivity index (χ3n) is 6.23. The average molecular weight is 425 g/mol. The summed E-state index contributed by atoms with van der Waals surface area (Å²) in [7, 11) is 0. The maximum absolute atomic E-state index is 13.2. The van der Waals surface area contributed by atoms with E-state index in [9.17, 15) is 9.59 Å². The van der Waals surface area contributed by atoms with Crippen LogP contribution in [0.5, 0.6) is 0 Å². The maximum Gasteiger partial charge on any atom is 0.339 e. The molecular formula is C27H24N2O3. The number of nitrogens with one attached hydrogen (secondary N) is 2.